The Kier molecular flexibility index (Phi) is 9.44. The van der Waals surface area contributed by atoms with Crippen LogP contribution in [-0.4, -0.2) is 6.61 Å². The van der Waals surface area contributed by atoms with Crippen molar-refractivity contribution in [2.45, 2.75) is 64.2 Å². The van der Waals surface area contributed by atoms with Crippen LogP contribution in [0.5, 0.6) is 5.75 Å². The molecule has 0 heterocycles. The van der Waals surface area contributed by atoms with Gasteiger partial charge in [-0.15, -0.1) is 0 Å². The molecule has 3 aromatic rings. The van der Waals surface area contributed by atoms with Crippen LogP contribution in [0.4, 0.5) is 35.1 Å². The molecule has 0 aromatic heterocycles. The lowest BCUT2D eigenvalue weighted by Gasteiger charge is -2.28. The third-order valence-electron chi connectivity index (χ3n) is 6.37. The number of aryl methyl sites for hydroxylation is 3. The lowest BCUT2D eigenvalue weighted by atomic mass is 9.92. The van der Waals surface area contributed by atoms with Crippen molar-refractivity contribution in [3.05, 3.63) is 99.6 Å². The predicted molar refractivity (Wildman–Crippen MR) is 129 cm³/mol. The van der Waals surface area contributed by atoms with Crippen LogP contribution in [0.15, 0.2) is 48.5 Å². The summed E-state index contributed by atoms with van der Waals surface area (Å²) < 4.78 is 124. The fourth-order valence-corrected chi connectivity index (χ4v) is 4.22. The SMILES string of the molecule is CCCCCc1ccc(CCc2cccc(C(F)(F)C(F)(F)c3cccc(OCC)c3F)c2F)c(F)c1F. The summed E-state index contributed by atoms with van der Waals surface area (Å²) >= 11 is 0. The number of rotatable bonds is 12. The van der Waals surface area contributed by atoms with E-state index in [0.29, 0.717) is 25.0 Å². The average molecular weight is 545 g/mol. The molecule has 0 N–H and O–H groups in total. The third-order valence-corrected chi connectivity index (χ3v) is 6.37. The van der Waals surface area contributed by atoms with E-state index >= 15 is 22.0 Å². The number of hydrogen-bond acceptors (Lipinski definition) is 1. The molecule has 0 unspecified atom stereocenters. The molecular formula is C29H28F8O. The Hall–Kier alpha value is -3.10. The monoisotopic (exact) mass is 544 g/mol. The lowest BCUT2D eigenvalue weighted by Crippen LogP contribution is -2.37. The third kappa shape index (κ3) is 5.81. The van der Waals surface area contributed by atoms with Gasteiger partial charge in [0.15, 0.2) is 23.2 Å². The normalized spacial score (nSPS) is 12.2. The Balaban J connectivity index is 1.88. The van der Waals surface area contributed by atoms with Gasteiger partial charge in [-0.05, 0) is 67.5 Å². The van der Waals surface area contributed by atoms with E-state index in [1.54, 1.807) is 0 Å². The van der Waals surface area contributed by atoms with E-state index in [4.69, 9.17) is 4.74 Å². The van der Waals surface area contributed by atoms with Crippen molar-refractivity contribution in [2.24, 2.45) is 0 Å². The fraction of sp³-hybridized carbons (Fsp3) is 0.379. The molecule has 0 saturated carbocycles. The highest BCUT2D eigenvalue weighted by atomic mass is 19.3. The molecule has 0 aliphatic rings. The Morgan fingerprint density at radius 1 is 0.579 bits per heavy atom. The molecule has 206 valence electrons. The van der Waals surface area contributed by atoms with Gasteiger partial charge >= 0.3 is 11.8 Å². The number of unbranched alkanes of at least 4 members (excludes halogenated alkanes) is 2. The summed E-state index contributed by atoms with van der Waals surface area (Å²) in [5.41, 5.74) is -3.57. The minimum atomic E-state index is -5.14. The minimum absolute atomic E-state index is 0.0922. The zero-order valence-electron chi connectivity index (χ0n) is 21.0. The van der Waals surface area contributed by atoms with Crippen LogP contribution in [-0.2, 0) is 31.1 Å². The molecule has 0 bridgehead atoms. The summed E-state index contributed by atoms with van der Waals surface area (Å²) in [6.45, 7) is 3.34. The molecule has 0 atom stereocenters. The van der Waals surface area contributed by atoms with Crippen LogP contribution in [0.3, 0.4) is 0 Å². The van der Waals surface area contributed by atoms with Crippen LogP contribution in [0.25, 0.3) is 0 Å². The van der Waals surface area contributed by atoms with Gasteiger partial charge in [-0.2, -0.15) is 17.6 Å². The standard InChI is InChI=1S/C29H28F8O/c1-3-5-6-9-19-15-17-20(26(32)25(19)31)16-14-18-10-7-11-21(24(18)30)28(34,35)29(36,37)22-12-8-13-23(27(22)33)38-4-2/h7-8,10-13,15,17H,3-6,9,14,16H2,1-2H3. The Bertz CT molecular complexity index is 1260. The van der Waals surface area contributed by atoms with E-state index < -0.39 is 57.6 Å². The predicted octanol–water partition coefficient (Wildman–Crippen LogP) is 9.04. The van der Waals surface area contributed by atoms with Gasteiger partial charge in [0.1, 0.15) is 5.82 Å². The minimum Gasteiger partial charge on any atom is -0.491 e. The smallest absolute Gasteiger partial charge is 0.342 e. The van der Waals surface area contributed by atoms with Crippen LogP contribution in [0.2, 0.25) is 0 Å². The largest absolute Gasteiger partial charge is 0.491 e. The highest BCUT2D eigenvalue weighted by Gasteiger charge is 2.61. The van der Waals surface area contributed by atoms with Gasteiger partial charge < -0.3 is 4.74 Å². The number of hydrogen-bond donors (Lipinski definition) is 0. The second-order valence-corrected chi connectivity index (χ2v) is 8.95. The maximum atomic E-state index is 15.1. The lowest BCUT2D eigenvalue weighted by molar-refractivity contribution is -0.226. The van der Waals surface area contributed by atoms with Crippen molar-refractivity contribution >= 4 is 0 Å². The Morgan fingerprint density at radius 3 is 1.63 bits per heavy atom. The molecule has 3 aromatic carbocycles. The quantitative estimate of drug-likeness (QED) is 0.163. The molecule has 0 fully saturated rings. The molecule has 38 heavy (non-hydrogen) atoms. The Labute approximate surface area is 216 Å². The van der Waals surface area contributed by atoms with Crippen molar-refractivity contribution in [3.63, 3.8) is 0 Å². The Morgan fingerprint density at radius 2 is 1.08 bits per heavy atom. The number of alkyl halides is 4. The number of halogens is 8. The number of ether oxygens (including phenoxy) is 1. The maximum absolute atomic E-state index is 15.1. The first-order chi connectivity index (χ1) is 18.0. The first kappa shape index (κ1) is 29.5. The van der Waals surface area contributed by atoms with Crippen LogP contribution < -0.4 is 4.74 Å². The molecule has 0 aliphatic carbocycles. The van der Waals surface area contributed by atoms with Crippen molar-refractivity contribution in [1.82, 2.24) is 0 Å². The summed E-state index contributed by atoms with van der Waals surface area (Å²) in [4.78, 5) is 0. The van der Waals surface area contributed by atoms with E-state index in [-0.39, 0.29) is 30.6 Å². The van der Waals surface area contributed by atoms with Crippen molar-refractivity contribution in [2.75, 3.05) is 6.61 Å². The van der Waals surface area contributed by atoms with E-state index in [2.05, 4.69) is 0 Å². The van der Waals surface area contributed by atoms with E-state index in [9.17, 15) is 13.2 Å². The van der Waals surface area contributed by atoms with E-state index in [1.165, 1.54) is 19.1 Å². The van der Waals surface area contributed by atoms with Gasteiger partial charge in [0.2, 0.25) is 0 Å². The zero-order chi connectivity index (χ0) is 28.1. The van der Waals surface area contributed by atoms with Crippen LogP contribution in [0, 0.1) is 23.3 Å². The highest BCUT2D eigenvalue weighted by molar-refractivity contribution is 5.39. The zero-order valence-corrected chi connectivity index (χ0v) is 21.0. The molecule has 1 nitrogen and oxygen atoms in total. The average Bonchev–Trinajstić information content (AvgIpc) is 2.88. The second kappa shape index (κ2) is 12.2. The fourth-order valence-electron chi connectivity index (χ4n) is 4.22. The van der Waals surface area contributed by atoms with Crippen molar-refractivity contribution in [1.29, 1.82) is 0 Å². The first-order valence-electron chi connectivity index (χ1n) is 12.4. The summed E-state index contributed by atoms with van der Waals surface area (Å²) in [6.07, 6.45) is 2.18. The van der Waals surface area contributed by atoms with Crippen LogP contribution in [0.1, 0.15) is 60.9 Å². The molecule has 0 saturated heterocycles. The van der Waals surface area contributed by atoms with Crippen LogP contribution >= 0.6 is 0 Å². The molecule has 0 radical (unpaired) electrons. The highest BCUT2D eigenvalue weighted by Crippen LogP contribution is 2.51. The molecule has 0 spiro atoms. The molecule has 3 rings (SSSR count). The topological polar surface area (TPSA) is 9.23 Å². The van der Waals surface area contributed by atoms with E-state index in [1.807, 2.05) is 6.92 Å². The summed E-state index contributed by atoms with van der Waals surface area (Å²) in [6, 6.07) is 7.74. The number of benzene rings is 3. The van der Waals surface area contributed by atoms with Gasteiger partial charge in [0, 0.05) is 0 Å². The van der Waals surface area contributed by atoms with Gasteiger partial charge in [0.05, 0.1) is 17.7 Å². The van der Waals surface area contributed by atoms with Gasteiger partial charge in [-0.3, -0.25) is 0 Å². The summed E-state index contributed by atoms with van der Waals surface area (Å²) in [5, 5.41) is 0. The van der Waals surface area contributed by atoms with E-state index in [0.717, 1.165) is 37.1 Å². The molecule has 0 amide bonds. The molecule has 9 heteroatoms. The van der Waals surface area contributed by atoms with Gasteiger partial charge in [-0.25, -0.2) is 17.6 Å². The molecular weight excluding hydrogens is 516 g/mol. The second-order valence-electron chi connectivity index (χ2n) is 8.95. The first-order valence-corrected chi connectivity index (χ1v) is 12.4. The summed E-state index contributed by atoms with van der Waals surface area (Å²) in [7, 11) is 0. The molecule has 0 aliphatic heterocycles. The van der Waals surface area contributed by atoms with Crippen molar-refractivity contribution in [3.8, 4) is 5.75 Å². The summed E-state index contributed by atoms with van der Waals surface area (Å²) in [5.74, 6) is -16.3. The van der Waals surface area contributed by atoms with Crippen molar-refractivity contribution < 1.29 is 39.9 Å². The van der Waals surface area contributed by atoms with Gasteiger partial charge in [0.25, 0.3) is 0 Å². The van der Waals surface area contributed by atoms with Gasteiger partial charge in [-0.1, -0.05) is 50.1 Å². The maximum Gasteiger partial charge on any atom is 0.342 e.